The molecular formula is C9H14F6O2Si. The predicted molar refractivity (Wildman–Crippen MR) is 53.2 cm³/mol. The van der Waals surface area contributed by atoms with Crippen molar-refractivity contribution in [2.75, 3.05) is 6.61 Å². The van der Waals surface area contributed by atoms with Gasteiger partial charge < -0.3 is 8.85 Å². The summed E-state index contributed by atoms with van der Waals surface area (Å²) in [6, 6.07) is 0.134. The maximum absolute atomic E-state index is 12.8. The lowest BCUT2D eigenvalue weighted by Gasteiger charge is -2.46. The van der Waals surface area contributed by atoms with E-state index >= 15 is 0 Å². The zero-order chi connectivity index (χ0) is 14.2. The van der Waals surface area contributed by atoms with Gasteiger partial charge in [0.05, 0.1) is 0 Å². The van der Waals surface area contributed by atoms with Crippen LogP contribution in [0.5, 0.6) is 0 Å². The predicted octanol–water partition coefficient (Wildman–Crippen LogP) is 3.77. The number of hydrogen-bond donors (Lipinski definition) is 0. The van der Waals surface area contributed by atoms with Gasteiger partial charge in [-0.25, -0.2) is 0 Å². The maximum atomic E-state index is 12.8. The highest BCUT2D eigenvalue weighted by molar-refractivity contribution is 6.66. The topological polar surface area (TPSA) is 18.5 Å². The molecule has 0 amide bonds. The third kappa shape index (κ3) is 2.67. The van der Waals surface area contributed by atoms with E-state index < -0.39 is 32.9 Å². The Bertz CT molecular complexity index is 284. The summed E-state index contributed by atoms with van der Waals surface area (Å²) >= 11 is 0. The Kier molecular flexibility index (Phi) is 4.10. The van der Waals surface area contributed by atoms with E-state index in [4.69, 9.17) is 4.43 Å². The number of rotatable bonds is 2. The van der Waals surface area contributed by atoms with Crippen LogP contribution in [-0.4, -0.2) is 33.1 Å². The van der Waals surface area contributed by atoms with Gasteiger partial charge in [-0.1, -0.05) is 0 Å². The van der Waals surface area contributed by atoms with E-state index in [1.165, 1.54) is 13.5 Å². The maximum Gasteiger partial charge on any atom is 0.425 e. The first-order chi connectivity index (χ1) is 7.97. The molecule has 1 heterocycles. The summed E-state index contributed by atoms with van der Waals surface area (Å²) in [6.07, 6.45) is -12.3. The molecule has 18 heavy (non-hydrogen) atoms. The van der Waals surface area contributed by atoms with Gasteiger partial charge in [0.2, 0.25) is 0 Å². The highest BCUT2D eigenvalue weighted by Gasteiger charge is 2.74. The van der Waals surface area contributed by atoms with E-state index in [0.717, 1.165) is 0 Å². The summed E-state index contributed by atoms with van der Waals surface area (Å²) in [5.74, 6) is 0. The molecule has 1 atom stereocenters. The second-order valence-corrected chi connectivity index (χ2v) is 7.61. The standard InChI is InChI=1S/C9H14F6O2Si/c1-3-16-18(2)6-4-5-7(17-18,8(10,11)12)9(13,14)15/h3-6H2,1-2H3. The monoisotopic (exact) mass is 296 g/mol. The molecular weight excluding hydrogens is 282 g/mol. The minimum atomic E-state index is -5.49. The summed E-state index contributed by atoms with van der Waals surface area (Å²) < 4.78 is 86.3. The third-order valence-corrected chi connectivity index (χ3v) is 5.86. The minimum absolute atomic E-state index is 0.0362. The lowest BCUT2D eigenvalue weighted by molar-refractivity contribution is -0.368. The van der Waals surface area contributed by atoms with E-state index in [9.17, 15) is 26.3 Å². The number of halogens is 6. The molecule has 1 aliphatic heterocycles. The first-order valence-electron chi connectivity index (χ1n) is 5.45. The van der Waals surface area contributed by atoms with Gasteiger partial charge in [0.15, 0.2) is 0 Å². The molecule has 0 aromatic heterocycles. The Morgan fingerprint density at radius 3 is 2.06 bits per heavy atom. The average Bonchev–Trinajstić information content (AvgIpc) is 2.13. The second-order valence-electron chi connectivity index (χ2n) is 4.34. The van der Waals surface area contributed by atoms with Crippen LogP contribution < -0.4 is 0 Å². The van der Waals surface area contributed by atoms with Gasteiger partial charge in [-0.05, 0) is 32.4 Å². The third-order valence-electron chi connectivity index (χ3n) is 2.92. The van der Waals surface area contributed by atoms with E-state index in [-0.39, 0.29) is 19.1 Å². The summed E-state index contributed by atoms with van der Waals surface area (Å²) in [7, 11) is -3.43. The van der Waals surface area contributed by atoms with Crippen LogP contribution in [0.2, 0.25) is 12.6 Å². The normalized spacial score (nSPS) is 29.3. The molecule has 1 aliphatic rings. The van der Waals surface area contributed by atoms with Gasteiger partial charge in [0.1, 0.15) is 0 Å². The molecule has 1 unspecified atom stereocenters. The van der Waals surface area contributed by atoms with Crippen molar-refractivity contribution in [3.63, 3.8) is 0 Å². The Balaban J connectivity index is 3.14. The van der Waals surface area contributed by atoms with Crippen molar-refractivity contribution in [1.82, 2.24) is 0 Å². The minimum Gasteiger partial charge on any atom is -0.395 e. The Labute approximate surface area is 102 Å². The fourth-order valence-corrected chi connectivity index (χ4v) is 4.90. The summed E-state index contributed by atoms with van der Waals surface area (Å²) in [5.41, 5.74) is -4.08. The van der Waals surface area contributed by atoms with Crippen molar-refractivity contribution in [1.29, 1.82) is 0 Å². The fraction of sp³-hybridized carbons (Fsp3) is 1.00. The molecule has 1 rings (SSSR count). The highest BCUT2D eigenvalue weighted by atomic mass is 28.4. The molecule has 2 nitrogen and oxygen atoms in total. The van der Waals surface area contributed by atoms with Gasteiger partial charge in [-0.2, -0.15) is 26.3 Å². The molecule has 1 saturated heterocycles. The number of hydrogen-bond acceptors (Lipinski definition) is 2. The van der Waals surface area contributed by atoms with Crippen LogP contribution in [-0.2, 0) is 8.85 Å². The van der Waals surface area contributed by atoms with Crippen LogP contribution >= 0.6 is 0 Å². The Morgan fingerprint density at radius 1 is 1.17 bits per heavy atom. The molecule has 9 heteroatoms. The molecule has 0 saturated carbocycles. The van der Waals surface area contributed by atoms with Gasteiger partial charge in [-0.15, -0.1) is 0 Å². The molecule has 0 aliphatic carbocycles. The molecule has 0 radical (unpaired) electrons. The average molecular weight is 296 g/mol. The van der Waals surface area contributed by atoms with Gasteiger partial charge in [-0.3, -0.25) is 0 Å². The van der Waals surface area contributed by atoms with E-state index in [1.807, 2.05) is 0 Å². The fourth-order valence-electron chi connectivity index (χ4n) is 2.10. The lowest BCUT2D eigenvalue weighted by Crippen LogP contribution is -2.66. The van der Waals surface area contributed by atoms with Gasteiger partial charge >= 0.3 is 20.9 Å². The van der Waals surface area contributed by atoms with Crippen LogP contribution in [0.4, 0.5) is 26.3 Å². The molecule has 0 aromatic rings. The molecule has 1 fully saturated rings. The largest absolute Gasteiger partial charge is 0.425 e. The SMILES string of the molecule is CCO[Si]1(C)CCCC(C(F)(F)F)(C(F)(F)F)O1. The summed E-state index contributed by atoms with van der Waals surface area (Å²) in [5, 5.41) is 0. The Hall–Kier alpha value is -0.283. The quantitative estimate of drug-likeness (QED) is 0.570. The van der Waals surface area contributed by atoms with Gasteiger partial charge in [0.25, 0.3) is 5.60 Å². The van der Waals surface area contributed by atoms with E-state index in [1.54, 1.807) is 0 Å². The zero-order valence-corrected chi connectivity index (χ0v) is 10.9. The van der Waals surface area contributed by atoms with Gasteiger partial charge in [0, 0.05) is 6.61 Å². The van der Waals surface area contributed by atoms with Crippen molar-refractivity contribution in [2.45, 2.75) is 50.3 Å². The highest BCUT2D eigenvalue weighted by Crippen LogP contribution is 2.53. The molecule has 0 aromatic carbocycles. The first-order valence-corrected chi connectivity index (χ1v) is 7.97. The van der Waals surface area contributed by atoms with Crippen LogP contribution in [0.15, 0.2) is 0 Å². The smallest absolute Gasteiger partial charge is 0.395 e. The van der Waals surface area contributed by atoms with Crippen molar-refractivity contribution in [3.8, 4) is 0 Å². The molecule has 108 valence electrons. The van der Waals surface area contributed by atoms with E-state index in [2.05, 4.69) is 4.43 Å². The molecule has 0 N–H and O–H groups in total. The van der Waals surface area contributed by atoms with Crippen LogP contribution in [0.3, 0.4) is 0 Å². The van der Waals surface area contributed by atoms with Crippen LogP contribution in [0, 0.1) is 0 Å². The molecule has 0 spiro atoms. The summed E-state index contributed by atoms with van der Waals surface area (Å²) in [4.78, 5) is 0. The lowest BCUT2D eigenvalue weighted by atomic mass is 9.96. The number of alkyl halides is 6. The molecule has 0 bridgehead atoms. The van der Waals surface area contributed by atoms with Crippen LogP contribution in [0.25, 0.3) is 0 Å². The first kappa shape index (κ1) is 15.8. The van der Waals surface area contributed by atoms with Crippen molar-refractivity contribution in [2.24, 2.45) is 0 Å². The van der Waals surface area contributed by atoms with Crippen molar-refractivity contribution in [3.05, 3.63) is 0 Å². The second kappa shape index (κ2) is 4.68. The van der Waals surface area contributed by atoms with E-state index in [0.29, 0.717) is 0 Å². The van der Waals surface area contributed by atoms with Crippen LogP contribution in [0.1, 0.15) is 19.8 Å². The Morgan fingerprint density at radius 2 is 1.67 bits per heavy atom. The van der Waals surface area contributed by atoms with Crippen molar-refractivity contribution < 1.29 is 35.2 Å². The zero-order valence-electron chi connectivity index (χ0n) is 9.91. The summed E-state index contributed by atoms with van der Waals surface area (Å²) in [6.45, 7) is 2.79. The van der Waals surface area contributed by atoms with Crippen molar-refractivity contribution >= 4 is 8.56 Å².